The van der Waals surface area contributed by atoms with Crippen LogP contribution in [0.25, 0.3) is 0 Å². The maximum Gasteiger partial charge on any atom is 0.247 e. The van der Waals surface area contributed by atoms with E-state index in [4.69, 9.17) is 0 Å². The van der Waals surface area contributed by atoms with Gasteiger partial charge in [-0.05, 0) is 24.5 Å². The number of hydrogen-bond donors (Lipinski definition) is 2. The van der Waals surface area contributed by atoms with Crippen LogP contribution in [0.15, 0.2) is 18.2 Å². The van der Waals surface area contributed by atoms with E-state index in [2.05, 4.69) is 24.5 Å². The molecule has 1 heterocycles. The minimum Gasteiger partial charge on any atom is -0.372 e. The second kappa shape index (κ2) is 4.12. The molecule has 1 aliphatic heterocycles. The molecule has 2 N–H and O–H groups in total. The van der Waals surface area contributed by atoms with E-state index in [9.17, 15) is 9.18 Å². The van der Waals surface area contributed by atoms with Gasteiger partial charge in [0, 0.05) is 0 Å². The number of carbonyl (C=O) groups excluding carboxylic acids is 1. The Kier molecular flexibility index (Phi) is 2.81. The molecule has 1 amide bonds. The van der Waals surface area contributed by atoms with Crippen molar-refractivity contribution < 1.29 is 9.18 Å². The fourth-order valence-corrected chi connectivity index (χ4v) is 1.87. The van der Waals surface area contributed by atoms with E-state index < -0.39 is 5.82 Å². The van der Waals surface area contributed by atoms with Gasteiger partial charge in [-0.15, -0.1) is 0 Å². The summed E-state index contributed by atoms with van der Waals surface area (Å²) < 4.78 is 13.4. The van der Waals surface area contributed by atoms with Crippen LogP contribution in [0.3, 0.4) is 0 Å². The summed E-state index contributed by atoms with van der Waals surface area (Å²) in [5.74, 6) is -0.147. The van der Waals surface area contributed by atoms with Crippen molar-refractivity contribution in [1.82, 2.24) is 0 Å². The van der Waals surface area contributed by atoms with Crippen LogP contribution in [0, 0.1) is 11.7 Å². The zero-order chi connectivity index (χ0) is 11.7. The summed E-state index contributed by atoms with van der Waals surface area (Å²) in [7, 11) is 0. The summed E-state index contributed by atoms with van der Waals surface area (Å²) in [6, 6.07) is 4.47. The Bertz CT molecular complexity index is 417. The Morgan fingerprint density at radius 3 is 2.88 bits per heavy atom. The summed E-state index contributed by atoms with van der Waals surface area (Å²) in [5.41, 5.74) is 0.915. The molecule has 1 atom stereocenters. The Balaban J connectivity index is 2.25. The van der Waals surface area contributed by atoms with Crippen LogP contribution in [0.5, 0.6) is 0 Å². The largest absolute Gasteiger partial charge is 0.372 e. The zero-order valence-electron chi connectivity index (χ0n) is 9.38. The number of fused-ring (bicyclic) bond motifs is 1. The van der Waals surface area contributed by atoms with Gasteiger partial charge in [0.15, 0.2) is 0 Å². The van der Waals surface area contributed by atoms with Crippen LogP contribution >= 0.6 is 0 Å². The minimum absolute atomic E-state index is 0.161. The van der Waals surface area contributed by atoms with Crippen LogP contribution in [-0.4, -0.2) is 11.9 Å². The first kappa shape index (κ1) is 10.9. The van der Waals surface area contributed by atoms with Gasteiger partial charge >= 0.3 is 0 Å². The van der Waals surface area contributed by atoms with E-state index in [1.54, 1.807) is 12.1 Å². The van der Waals surface area contributed by atoms with Gasteiger partial charge in [-0.1, -0.05) is 19.9 Å². The molecule has 4 heteroatoms. The van der Waals surface area contributed by atoms with E-state index in [-0.39, 0.29) is 17.6 Å². The molecule has 0 saturated heterocycles. The van der Waals surface area contributed by atoms with Gasteiger partial charge in [-0.25, -0.2) is 4.39 Å². The quantitative estimate of drug-likeness (QED) is 0.807. The smallest absolute Gasteiger partial charge is 0.247 e. The lowest BCUT2D eigenvalue weighted by Crippen LogP contribution is -2.40. The third-order valence-electron chi connectivity index (χ3n) is 2.62. The SMILES string of the molecule is CC(C)CC1Nc2cccc(F)c2NC1=O. The van der Waals surface area contributed by atoms with Crippen molar-refractivity contribution in [2.45, 2.75) is 26.3 Å². The van der Waals surface area contributed by atoms with Crippen molar-refractivity contribution in [3.8, 4) is 0 Å². The summed E-state index contributed by atoms with van der Waals surface area (Å²) in [6.45, 7) is 4.10. The van der Waals surface area contributed by atoms with Crippen LogP contribution in [0.1, 0.15) is 20.3 Å². The Morgan fingerprint density at radius 2 is 2.19 bits per heavy atom. The van der Waals surface area contributed by atoms with Gasteiger partial charge in [0.25, 0.3) is 0 Å². The normalized spacial score (nSPS) is 19.0. The second-order valence-electron chi connectivity index (χ2n) is 4.48. The average molecular weight is 222 g/mol. The number of amides is 1. The van der Waals surface area contributed by atoms with Crippen molar-refractivity contribution in [3.05, 3.63) is 24.0 Å². The number of benzene rings is 1. The molecule has 0 aliphatic carbocycles. The maximum absolute atomic E-state index is 13.4. The molecule has 1 aliphatic rings. The number of halogens is 1. The predicted molar refractivity (Wildman–Crippen MR) is 61.9 cm³/mol. The lowest BCUT2D eigenvalue weighted by Gasteiger charge is -2.28. The Labute approximate surface area is 94.0 Å². The Morgan fingerprint density at radius 1 is 1.44 bits per heavy atom. The van der Waals surface area contributed by atoms with Gasteiger partial charge in [0.2, 0.25) is 5.91 Å². The van der Waals surface area contributed by atoms with Crippen molar-refractivity contribution in [3.63, 3.8) is 0 Å². The molecule has 1 aromatic rings. The van der Waals surface area contributed by atoms with Gasteiger partial charge in [-0.3, -0.25) is 4.79 Å². The highest BCUT2D eigenvalue weighted by molar-refractivity contribution is 6.03. The molecular weight excluding hydrogens is 207 g/mol. The van der Waals surface area contributed by atoms with Crippen LogP contribution < -0.4 is 10.6 Å². The molecule has 2 rings (SSSR count). The third-order valence-corrected chi connectivity index (χ3v) is 2.62. The number of carbonyl (C=O) groups is 1. The lowest BCUT2D eigenvalue weighted by atomic mass is 10.0. The molecule has 1 unspecified atom stereocenters. The topological polar surface area (TPSA) is 41.1 Å². The average Bonchev–Trinajstić information content (AvgIpc) is 2.20. The number of rotatable bonds is 2. The minimum atomic E-state index is -0.402. The van der Waals surface area contributed by atoms with E-state index in [0.717, 1.165) is 6.42 Å². The lowest BCUT2D eigenvalue weighted by molar-refractivity contribution is -0.117. The number of para-hydroxylation sites is 1. The molecule has 0 aromatic heterocycles. The highest BCUT2D eigenvalue weighted by Gasteiger charge is 2.27. The molecule has 0 bridgehead atoms. The molecule has 16 heavy (non-hydrogen) atoms. The monoisotopic (exact) mass is 222 g/mol. The highest BCUT2D eigenvalue weighted by Crippen LogP contribution is 2.30. The van der Waals surface area contributed by atoms with Gasteiger partial charge in [0.05, 0.1) is 5.69 Å². The van der Waals surface area contributed by atoms with Crippen LogP contribution in [-0.2, 0) is 4.79 Å². The molecule has 1 aromatic carbocycles. The first-order valence-corrected chi connectivity index (χ1v) is 5.44. The molecular formula is C12H15FN2O. The van der Waals surface area contributed by atoms with Crippen molar-refractivity contribution in [2.24, 2.45) is 5.92 Å². The van der Waals surface area contributed by atoms with Gasteiger partial charge < -0.3 is 10.6 Å². The first-order chi connectivity index (χ1) is 7.58. The number of nitrogens with one attached hydrogen (secondary N) is 2. The standard InChI is InChI=1S/C12H15FN2O/c1-7(2)6-10-12(16)15-11-8(13)4-3-5-9(11)14-10/h3-5,7,10,14H,6H2,1-2H3,(H,15,16). The van der Waals surface area contributed by atoms with Crippen LogP contribution in [0.4, 0.5) is 15.8 Å². The molecule has 0 fully saturated rings. The molecule has 0 radical (unpaired) electrons. The number of anilines is 2. The third kappa shape index (κ3) is 2.01. The summed E-state index contributed by atoms with van der Waals surface area (Å²) in [6.07, 6.45) is 0.738. The fourth-order valence-electron chi connectivity index (χ4n) is 1.87. The zero-order valence-corrected chi connectivity index (χ0v) is 9.38. The van der Waals surface area contributed by atoms with E-state index >= 15 is 0 Å². The van der Waals surface area contributed by atoms with E-state index in [1.807, 2.05) is 0 Å². The van der Waals surface area contributed by atoms with Crippen molar-refractivity contribution in [1.29, 1.82) is 0 Å². The molecule has 0 spiro atoms. The predicted octanol–water partition coefficient (Wildman–Crippen LogP) is 2.60. The second-order valence-corrected chi connectivity index (χ2v) is 4.48. The van der Waals surface area contributed by atoms with E-state index in [0.29, 0.717) is 11.6 Å². The molecule has 3 nitrogen and oxygen atoms in total. The van der Waals surface area contributed by atoms with E-state index in [1.165, 1.54) is 6.07 Å². The van der Waals surface area contributed by atoms with Crippen molar-refractivity contribution >= 4 is 17.3 Å². The Hall–Kier alpha value is -1.58. The summed E-state index contributed by atoms with van der Waals surface area (Å²) in [5, 5.41) is 5.67. The molecule has 0 saturated carbocycles. The summed E-state index contributed by atoms with van der Waals surface area (Å²) >= 11 is 0. The fraction of sp³-hybridized carbons (Fsp3) is 0.417. The molecule has 86 valence electrons. The van der Waals surface area contributed by atoms with Gasteiger partial charge in [0.1, 0.15) is 17.5 Å². The number of hydrogen-bond acceptors (Lipinski definition) is 2. The maximum atomic E-state index is 13.4. The summed E-state index contributed by atoms with van der Waals surface area (Å²) in [4.78, 5) is 11.7. The van der Waals surface area contributed by atoms with Gasteiger partial charge in [-0.2, -0.15) is 0 Å². The van der Waals surface area contributed by atoms with Crippen molar-refractivity contribution in [2.75, 3.05) is 10.6 Å². The van der Waals surface area contributed by atoms with Crippen LogP contribution in [0.2, 0.25) is 0 Å². The highest BCUT2D eigenvalue weighted by atomic mass is 19.1. The first-order valence-electron chi connectivity index (χ1n) is 5.44.